The van der Waals surface area contributed by atoms with Crippen LogP contribution in [0.4, 0.5) is 14.5 Å². The van der Waals surface area contributed by atoms with Gasteiger partial charge in [0, 0.05) is 16.7 Å². The largest absolute Gasteiger partial charge is 0.491 e. The first-order valence-electron chi connectivity index (χ1n) is 8.68. The molecule has 0 atom stereocenters. The van der Waals surface area contributed by atoms with Crippen molar-refractivity contribution in [2.45, 2.75) is 38.2 Å². The minimum Gasteiger partial charge on any atom is -0.491 e. The number of guanidine groups is 1. The fourth-order valence-corrected chi connectivity index (χ4v) is 2.96. The van der Waals surface area contributed by atoms with E-state index < -0.39 is 17.0 Å². The Balaban J connectivity index is 0.00000261. The molecular formula is C20H24F2IN3O. The van der Waals surface area contributed by atoms with Crippen LogP contribution in [0.3, 0.4) is 0 Å². The van der Waals surface area contributed by atoms with Crippen LogP contribution in [0.1, 0.15) is 32.3 Å². The van der Waals surface area contributed by atoms with Gasteiger partial charge in [0.1, 0.15) is 17.4 Å². The molecule has 2 aromatic carbocycles. The van der Waals surface area contributed by atoms with Gasteiger partial charge >= 0.3 is 0 Å². The summed E-state index contributed by atoms with van der Waals surface area (Å²) in [6.45, 7) is 4.17. The van der Waals surface area contributed by atoms with Gasteiger partial charge in [0.2, 0.25) is 0 Å². The van der Waals surface area contributed by atoms with Crippen LogP contribution in [0.2, 0.25) is 0 Å². The normalized spacial score (nSPS) is 15.2. The fourth-order valence-electron chi connectivity index (χ4n) is 2.96. The highest BCUT2D eigenvalue weighted by Gasteiger charge is 2.47. The molecule has 0 heterocycles. The molecule has 3 N–H and O–H groups in total. The fraction of sp³-hybridized carbons (Fsp3) is 0.350. The second kappa shape index (κ2) is 8.86. The van der Waals surface area contributed by atoms with Crippen molar-refractivity contribution in [1.82, 2.24) is 0 Å². The number of halogens is 3. The Morgan fingerprint density at radius 2 is 1.74 bits per heavy atom. The molecule has 0 bridgehead atoms. The van der Waals surface area contributed by atoms with Gasteiger partial charge in [-0.25, -0.2) is 8.78 Å². The van der Waals surface area contributed by atoms with Gasteiger partial charge in [0.25, 0.3) is 0 Å². The van der Waals surface area contributed by atoms with Crippen molar-refractivity contribution < 1.29 is 13.5 Å². The molecule has 0 spiro atoms. The van der Waals surface area contributed by atoms with Gasteiger partial charge in [0.15, 0.2) is 5.96 Å². The predicted octanol–water partition coefficient (Wildman–Crippen LogP) is 4.83. The molecule has 0 amide bonds. The van der Waals surface area contributed by atoms with Crippen molar-refractivity contribution in [3.8, 4) is 5.75 Å². The van der Waals surface area contributed by atoms with E-state index in [4.69, 9.17) is 10.5 Å². The second-order valence-electron chi connectivity index (χ2n) is 6.89. The first-order valence-corrected chi connectivity index (χ1v) is 8.68. The van der Waals surface area contributed by atoms with Crippen LogP contribution in [0.5, 0.6) is 5.75 Å². The maximum absolute atomic E-state index is 14.0. The third kappa shape index (κ3) is 5.31. The quantitative estimate of drug-likeness (QED) is 0.349. The van der Waals surface area contributed by atoms with Gasteiger partial charge in [0.05, 0.1) is 12.6 Å². The summed E-state index contributed by atoms with van der Waals surface area (Å²) < 4.78 is 33.7. The molecule has 1 saturated carbocycles. The second-order valence-corrected chi connectivity index (χ2v) is 6.89. The number of hydrogen-bond acceptors (Lipinski definition) is 2. The molecule has 0 aromatic heterocycles. The topological polar surface area (TPSA) is 59.6 Å². The lowest BCUT2D eigenvalue weighted by molar-refractivity contribution is 0.242. The summed E-state index contributed by atoms with van der Waals surface area (Å²) in [5, 5.41) is 2.99. The van der Waals surface area contributed by atoms with Crippen molar-refractivity contribution in [2.24, 2.45) is 10.7 Å². The first-order chi connectivity index (χ1) is 12.4. The highest BCUT2D eigenvalue weighted by atomic mass is 127. The van der Waals surface area contributed by atoms with E-state index in [9.17, 15) is 8.78 Å². The van der Waals surface area contributed by atoms with Crippen molar-refractivity contribution >= 4 is 35.6 Å². The molecule has 1 fully saturated rings. The zero-order valence-corrected chi connectivity index (χ0v) is 17.7. The Labute approximate surface area is 175 Å². The molecule has 27 heavy (non-hydrogen) atoms. The van der Waals surface area contributed by atoms with Crippen molar-refractivity contribution in [3.63, 3.8) is 0 Å². The Morgan fingerprint density at radius 1 is 1.15 bits per heavy atom. The number of aliphatic imine (C=N–C) groups is 1. The van der Waals surface area contributed by atoms with Crippen LogP contribution in [0, 0.1) is 11.6 Å². The average Bonchev–Trinajstić information content (AvgIpc) is 3.35. The lowest BCUT2D eigenvalue weighted by atomic mass is 9.95. The van der Waals surface area contributed by atoms with Crippen LogP contribution in [0.25, 0.3) is 0 Å². The summed E-state index contributed by atoms with van der Waals surface area (Å²) in [5.74, 6) is -0.0616. The summed E-state index contributed by atoms with van der Waals surface area (Å²) in [7, 11) is 0. The zero-order chi connectivity index (χ0) is 18.7. The third-order valence-corrected chi connectivity index (χ3v) is 4.40. The van der Waals surface area contributed by atoms with Gasteiger partial charge in [-0.1, -0.05) is 6.07 Å². The van der Waals surface area contributed by atoms with Crippen molar-refractivity contribution in [2.75, 3.05) is 11.9 Å². The van der Waals surface area contributed by atoms with Gasteiger partial charge in [-0.3, -0.25) is 4.99 Å². The summed E-state index contributed by atoms with van der Waals surface area (Å²) in [6, 6.07) is 11.3. The zero-order valence-electron chi connectivity index (χ0n) is 15.3. The van der Waals surface area contributed by atoms with E-state index in [0.29, 0.717) is 12.8 Å². The van der Waals surface area contributed by atoms with E-state index in [2.05, 4.69) is 10.3 Å². The van der Waals surface area contributed by atoms with E-state index in [-0.39, 0.29) is 48.1 Å². The number of rotatable bonds is 6. The molecule has 0 aliphatic heterocycles. The molecule has 2 aromatic rings. The molecule has 0 unspecified atom stereocenters. The van der Waals surface area contributed by atoms with Crippen LogP contribution in [-0.2, 0) is 5.41 Å². The van der Waals surface area contributed by atoms with E-state index in [0.717, 1.165) is 11.4 Å². The standard InChI is InChI=1S/C20H23F2N3O.HI/c1-13(2)26-15-8-6-14(7-9-15)25-19(23)24-12-20(10-11-20)18-16(21)4-3-5-17(18)22;/h3-9,13H,10-12H2,1-2H3,(H3,23,24,25);1H. The molecule has 3 rings (SSSR count). The smallest absolute Gasteiger partial charge is 0.193 e. The van der Waals surface area contributed by atoms with Crippen molar-refractivity contribution in [3.05, 3.63) is 59.7 Å². The summed E-state index contributed by atoms with van der Waals surface area (Å²) in [6.07, 6.45) is 1.50. The minimum atomic E-state index is -0.587. The molecule has 4 nitrogen and oxygen atoms in total. The van der Waals surface area contributed by atoms with Crippen LogP contribution in [-0.4, -0.2) is 18.6 Å². The SMILES string of the molecule is CC(C)Oc1ccc(NC(N)=NCC2(c3c(F)cccc3F)CC2)cc1.I. The van der Waals surface area contributed by atoms with Gasteiger partial charge in [-0.05, 0) is 63.1 Å². The number of benzene rings is 2. The van der Waals surface area contributed by atoms with Crippen LogP contribution < -0.4 is 15.8 Å². The maximum atomic E-state index is 14.0. The van der Waals surface area contributed by atoms with E-state index >= 15 is 0 Å². The molecule has 1 aliphatic carbocycles. The lowest BCUT2D eigenvalue weighted by Gasteiger charge is -2.16. The number of nitrogens with zero attached hydrogens (tertiary/aromatic N) is 1. The highest BCUT2D eigenvalue weighted by Crippen LogP contribution is 2.50. The van der Waals surface area contributed by atoms with Crippen LogP contribution in [0.15, 0.2) is 47.5 Å². The Kier molecular flexibility index (Phi) is 7.02. The summed E-state index contributed by atoms with van der Waals surface area (Å²) >= 11 is 0. The third-order valence-electron chi connectivity index (χ3n) is 4.40. The first kappa shape index (κ1) is 21.4. The molecule has 0 radical (unpaired) electrons. The Hall–Kier alpha value is -1.90. The molecule has 1 aliphatic rings. The molecule has 0 saturated heterocycles. The summed E-state index contributed by atoms with van der Waals surface area (Å²) in [5.41, 5.74) is 6.23. The average molecular weight is 487 g/mol. The van der Waals surface area contributed by atoms with Crippen molar-refractivity contribution in [1.29, 1.82) is 0 Å². The van der Waals surface area contributed by atoms with E-state index in [1.54, 1.807) is 0 Å². The number of hydrogen-bond donors (Lipinski definition) is 2. The minimum absolute atomic E-state index is 0. The maximum Gasteiger partial charge on any atom is 0.193 e. The number of nitrogens with one attached hydrogen (secondary N) is 1. The predicted molar refractivity (Wildman–Crippen MR) is 115 cm³/mol. The Bertz CT molecular complexity index is 785. The lowest BCUT2D eigenvalue weighted by Crippen LogP contribution is -2.25. The molecule has 7 heteroatoms. The van der Waals surface area contributed by atoms with E-state index in [1.165, 1.54) is 18.2 Å². The number of nitrogens with two attached hydrogens (primary N) is 1. The molecular weight excluding hydrogens is 463 g/mol. The van der Waals surface area contributed by atoms with Gasteiger partial charge in [-0.2, -0.15) is 0 Å². The van der Waals surface area contributed by atoms with E-state index in [1.807, 2.05) is 38.1 Å². The number of anilines is 1. The van der Waals surface area contributed by atoms with Gasteiger partial charge < -0.3 is 15.8 Å². The van der Waals surface area contributed by atoms with Crippen LogP contribution >= 0.6 is 24.0 Å². The summed E-state index contributed by atoms with van der Waals surface area (Å²) in [4.78, 5) is 4.30. The monoisotopic (exact) mass is 487 g/mol. The van der Waals surface area contributed by atoms with Gasteiger partial charge in [-0.15, -0.1) is 24.0 Å². The highest BCUT2D eigenvalue weighted by molar-refractivity contribution is 14.0. The molecule has 146 valence electrons. The Morgan fingerprint density at radius 3 is 2.26 bits per heavy atom. The number of ether oxygens (including phenoxy) is 1.